The van der Waals surface area contributed by atoms with Gasteiger partial charge < -0.3 is 0 Å². The highest BCUT2D eigenvalue weighted by molar-refractivity contribution is 5.99. The molecule has 9 heteroatoms. The van der Waals surface area contributed by atoms with Crippen molar-refractivity contribution in [3.63, 3.8) is 0 Å². The van der Waals surface area contributed by atoms with Gasteiger partial charge >= 0.3 is 0 Å². The lowest BCUT2D eigenvalue weighted by atomic mass is 10.1. The summed E-state index contributed by atoms with van der Waals surface area (Å²) in [5, 5.41) is 2.50. The van der Waals surface area contributed by atoms with Crippen LogP contribution in [0.15, 0.2) is 149 Å². The van der Waals surface area contributed by atoms with Crippen LogP contribution < -0.4 is 11.1 Å². The van der Waals surface area contributed by atoms with Gasteiger partial charge in [0.2, 0.25) is 11.9 Å². The van der Waals surface area contributed by atoms with Gasteiger partial charge in [0, 0.05) is 21.9 Å². The van der Waals surface area contributed by atoms with E-state index in [4.69, 9.17) is 19.9 Å². The van der Waals surface area contributed by atoms with Crippen LogP contribution in [-0.4, -0.2) is 33.5 Å². The Kier molecular flexibility index (Phi) is 5.68. The number of benzene rings is 5. The average Bonchev–Trinajstić information content (AvgIpc) is 3.59. The molecule has 5 aromatic carbocycles. The van der Waals surface area contributed by atoms with E-state index in [9.17, 15) is 9.59 Å². The molecule has 0 unspecified atom stereocenters. The summed E-state index contributed by atoms with van der Waals surface area (Å²) in [5.74, 6) is 0.465. The highest BCUT2D eigenvalue weighted by atomic mass is 16.1. The minimum Gasteiger partial charge on any atom is -0.279 e. The molecular formula is C40H23N7O2. The molecule has 0 saturated carbocycles. The molecule has 0 saturated heterocycles. The third-order valence-electron chi connectivity index (χ3n) is 9.10. The van der Waals surface area contributed by atoms with Crippen LogP contribution in [0.3, 0.4) is 0 Å². The first-order chi connectivity index (χ1) is 24.2. The van der Waals surface area contributed by atoms with Gasteiger partial charge in [-0.05, 0) is 36.4 Å². The molecule has 0 radical (unpaired) electrons. The Hall–Kier alpha value is -7.00. The molecular weight excluding hydrogens is 610 g/mol. The van der Waals surface area contributed by atoms with Crippen LogP contribution in [0.25, 0.3) is 83.8 Å². The zero-order valence-corrected chi connectivity index (χ0v) is 25.7. The summed E-state index contributed by atoms with van der Waals surface area (Å²) in [4.78, 5) is 48.7. The van der Waals surface area contributed by atoms with Crippen molar-refractivity contribution in [2.24, 2.45) is 0 Å². The molecule has 9 nitrogen and oxygen atoms in total. The molecule has 0 fully saturated rings. The van der Waals surface area contributed by atoms with E-state index in [0.717, 1.165) is 21.9 Å². The quantitative estimate of drug-likeness (QED) is 0.203. The predicted molar refractivity (Wildman–Crippen MR) is 192 cm³/mol. The molecule has 0 amide bonds. The predicted octanol–water partition coefficient (Wildman–Crippen LogP) is 7.21. The van der Waals surface area contributed by atoms with Crippen LogP contribution in [0, 0.1) is 0 Å². The number of hydrogen-bond donors (Lipinski definition) is 0. The maximum Gasteiger partial charge on any atom is 0.268 e. The lowest BCUT2D eigenvalue weighted by Crippen LogP contribution is -2.28. The molecule has 10 aromatic rings. The number of rotatable bonds is 4. The molecule has 0 atom stereocenters. The maximum absolute atomic E-state index is 14.4. The van der Waals surface area contributed by atoms with Gasteiger partial charge in [0.1, 0.15) is 11.3 Å². The second kappa shape index (κ2) is 10.2. The standard InChI is InChI=1S/C40H23N7O2/c48-37-28-18-11-19-29-36(28)45-32(46(37)39-41-30-20-9-7-16-26(30)34(43-39)24-12-3-1-4-13-24)22-23-33(45)47(38(29)49)40-42-31-21-10-8-17-27(31)35(44-40)25-14-5-2-6-15-25/h1-23H. The zero-order chi connectivity index (χ0) is 32.6. The lowest BCUT2D eigenvalue weighted by Gasteiger charge is -2.17. The summed E-state index contributed by atoms with van der Waals surface area (Å²) in [6.45, 7) is 0. The first-order valence-electron chi connectivity index (χ1n) is 15.8. The Morgan fingerprint density at radius 1 is 0.388 bits per heavy atom. The summed E-state index contributed by atoms with van der Waals surface area (Å²) in [5.41, 5.74) is 5.56. The molecule has 5 aromatic heterocycles. The molecule has 0 spiro atoms. The third kappa shape index (κ3) is 3.93. The van der Waals surface area contributed by atoms with Gasteiger partial charge in [-0.2, -0.15) is 0 Å². The van der Waals surface area contributed by atoms with E-state index in [0.29, 0.717) is 50.0 Å². The number of hydrogen-bond acceptors (Lipinski definition) is 6. The number of para-hydroxylation sites is 3. The van der Waals surface area contributed by atoms with E-state index in [1.807, 2.05) is 126 Å². The van der Waals surface area contributed by atoms with Crippen molar-refractivity contribution in [2.45, 2.75) is 0 Å². The van der Waals surface area contributed by atoms with E-state index in [1.165, 1.54) is 9.13 Å². The van der Waals surface area contributed by atoms with Crippen LogP contribution >= 0.6 is 0 Å². The monoisotopic (exact) mass is 633 g/mol. The lowest BCUT2D eigenvalue weighted by molar-refractivity contribution is 0.890. The Morgan fingerprint density at radius 3 is 1.27 bits per heavy atom. The summed E-state index contributed by atoms with van der Waals surface area (Å²) >= 11 is 0. The molecule has 0 N–H and O–H groups in total. The molecule has 0 aliphatic heterocycles. The van der Waals surface area contributed by atoms with Gasteiger partial charge in [0.25, 0.3) is 11.1 Å². The van der Waals surface area contributed by atoms with E-state index >= 15 is 0 Å². The van der Waals surface area contributed by atoms with Gasteiger partial charge in [-0.1, -0.05) is 103 Å². The van der Waals surface area contributed by atoms with Crippen molar-refractivity contribution in [3.05, 3.63) is 160 Å². The van der Waals surface area contributed by atoms with Gasteiger partial charge in [-0.15, -0.1) is 0 Å². The summed E-state index contributed by atoms with van der Waals surface area (Å²) in [6, 6.07) is 44.1. The summed E-state index contributed by atoms with van der Waals surface area (Å²) in [6.07, 6.45) is 0. The van der Waals surface area contributed by atoms with E-state index < -0.39 is 0 Å². The Balaban J connectivity index is 1.31. The van der Waals surface area contributed by atoms with Crippen LogP contribution in [0.5, 0.6) is 0 Å². The van der Waals surface area contributed by atoms with Crippen LogP contribution in [0.1, 0.15) is 0 Å². The van der Waals surface area contributed by atoms with Crippen LogP contribution in [0.2, 0.25) is 0 Å². The van der Waals surface area contributed by atoms with E-state index in [2.05, 4.69) is 0 Å². The number of aromatic nitrogens is 7. The van der Waals surface area contributed by atoms with Crippen molar-refractivity contribution in [1.29, 1.82) is 0 Å². The van der Waals surface area contributed by atoms with Crippen molar-refractivity contribution >= 4 is 49.4 Å². The Morgan fingerprint density at radius 2 is 0.796 bits per heavy atom. The molecule has 230 valence electrons. The van der Waals surface area contributed by atoms with Crippen LogP contribution in [-0.2, 0) is 0 Å². The minimum atomic E-state index is -0.321. The topological polar surface area (TPSA) is 100.0 Å². The maximum atomic E-state index is 14.4. The minimum absolute atomic E-state index is 0.233. The third-order valence-corrected chi connectivity index (χ3v) is 9.10. The second-order valence-corrected chi connectivity index (χ2v) is 11.9. The van der Waals surface area contributed by atoms with E-state index in [1.54, 1.807) is 18.2 Å². The molecule has 0 bridgehead atoms. The molecule has 0 aliphatic rings. The van der Waals surface area contributed by atoms with E-state index in [-0.39, 0.29) is 23.0 Å². The zero-order valence-electron chi connectivity index (χ0n) is 25.7. The molecule has 10 rings (SSSR count). The van der Waals surface area contributed by atoms with Crippen molar-refractivity contribution < 1.29 is 0 Å². The summed E-state index contributed by atoms with van der Waals surface area (Å²) in [7, 11) is 0. The number of nitrogens with zero attached hydrogens (tertiary/aromatic N) is 7. The summed E-state index contributed by atoms with van der Waals surface area (Å²) < 4.78 is 4.97. The Bertz CT molecular complexity index is 2840. The van der Waals surface area contributed by atoms with Crippen molar-refractivity contribution in [3.8, 4) is 34.4 Å². The van der Waals surface area contributed by atoms with Gasteiger partial charge in [0.05, 0.1) is 38.7 Å². The molecule has 0 aliphatic carbocycles. The van der Waals surface area contributed by atoms with Gasteiger partial charge in [-0.3, -0.25) is 14.0 Å². The van der Waals surface area contributed by atoms with Gasteiger partial charge in [-0.25, -0.2) is 29.1 Å². The second-order valence-electron chi connectivity index (χ2n) is 11.9. The first kappa shape index (κ1) is 27.1. The largest absolute Gasteiger partial charge is 0.279 e. The fourth-order valence-corrected chi connectivity index (χ4v) is 6.92. The molecule has 49 heavy (non-hydrogen) atoms. The SMILES string of the molecule is O=c1c2cccc3c(=O)n(-c4nc(-c5ccccc5)c5ccccc5n4)c4ccc(n1-c1nc(-c5ccccc5)c5ccccc5n1)n4c23. The normalized spacial score (nSPS) is 11.8. The van der Waals surface area contributed by atoms with Crippen molar-refractivity contribution in [1.82, 2.24) is 33.5 Å². The average molecular weight is 634 g/mol. The van der Waals surface area contributed by atoms with Crippen molar-refractivity contribution in [2.75, 3.05) is 0 Å². The van der Waals surface area contributed by atoms with Gasteiger partial charge in [0.15, 0.2) is 0 Å². The fourth-order valence-electron chi connectivity index (χ4n) is 6.92. The molecule has 5 heterocycles. The first-order valence-corrected chi connectivity index (χ1v) is 15.8. The highest BCUT2D eigenvalue weighted by Gasteiger charge is 2.24. The number of fused-ring (bicyclic) bond motifs is 2. The smallest absolute Gasteiger partial charge is 0.268 e. The highest BCUT2D eigenvalue weighted by Crippen LogP contribution is 2.31. The van der Waals surface area contributed by atoms with Crippen LogP contribution in [0.4, 0.5) is 0 Å². The Labute approximate surface area is 277 Å². The fraction of sp³-hybridized carbons (Fsp3) is 0.